The highest BCUT2D eigenvalue weighted by Gasteiger charge is 2.31. The van der Waals surface area contributed by atoms with Crippen LogP contribution in [0.25, 0.3) is 0 Å². The Morgan fingerprint density at radius 2 is 2.06 bits per heavy atom. The zero-order valence-electron chi connectivity index (χ0n) is 10.5. The SMILES string of the molecule is Cc1nc(CC(CN)(CO)c2ccccc2)cs1. The Hall–Kier alpha value is -1.23. The molecule has 0 amide bonds. The van der Waals surface area contributed by atoms with Crippen LogP contribution in [0.3, 0.4) is 0 Å². The fourth-order valence-corrected chi connectivity index (χ4v) is 2.74. The van der Waals surface area contributed by atoms with Crippen LogP contribution < -0.4 is 5.73 Å². The molecule has 96 valence electrons. The third kappa shape index (κ3) is 2.61. The summed E-state index contributed by atoms with van der Waals surface area (Å²) in [7, 11) is 0. The molecule has 1 aromatic heterocycles. The summed E-state index contributed by atoms with van der Waals surface area (Å²) in [5, 5.41) is 12.9. The van der Waals surface area contributed by atoms with Gasteiger partial charge >= 0.3 is 0 Å². The van der Waals surface area contributed by atoms with E-state index in [1.165, 1.54) is 0 Å². The highest BCUT2D eigenvalue weighted by Crippen LogP contribution is 2.27. The van der Waals surface area contributed by atoms with Crippen LogP contribution in [-0.4, -0.2) is 23.2 Å². The second kappa shape index (κ2) is 5.61. The molecule has 0 radical (unpaired) electrons. The Kier molecular flexibility index (Phi) is 4.11. The number of aromatic nitrogens is 1. The second-order valence-corrected chi connectivity index (χ2v) is 5.61. The van der Waals surface area contributed by atoms with E-state index in [-0.39, 0.29) is 6.61 Å². The molecule has 0 aliphatic rings. The fourth-order valence-electron chi connectivity index (χ4n) is 2.13. The first-order chi connectivity index (χ1) is 8.70. The van der Waals surface area contributed by atoms with Gasteiger partial charge in [-0.1, -0.05) is 30.3 Å². The zero-order chi connectivity index (χ0) is 13.0. The maximum atomic E-state index is 9.79. The van der Waals surface area contributed by atoms with Crippen molar-refractivity contribution in [2.24, 2.45) is 5.73 Å². The Labute approximate surface area is 111 Å². The van der Waals surface area contributed by atoms with Crippen molar-refractivity contribution in [2.45, 2.75) is 18.8 Å². The summed E-state index contributed by atoms with van der Waals surface area (Å²) in [4.78, 5) is 4.47. The molecule has 0 aliphatic carbocycles. The van der Waals surface area contributed by atoms with Crippen molar-refractivity contribution in [3.8, 4) is 0 Å². The molecule has 1 unspecified atom stereocenters. The molecule has 1 atom stereocenters. The predicted molar refractivity (Wildman–Crippen MR) is 74.8 cm³/mol. The highest BCUT2D eigenvalue weighted by atomic mass is 32.1. The van der Waals surface area contributed by atoms with Gasteiger partial charge in [0.25, 0.3) is 0 Å². The minimum atomic E-state index is -0.429. The van der Waals surface area contributed by atoms with Gasteiger partial charge in [0.15, 0.2) is 0 Å². The van der Waals surface area contributed by atoms with Gasteiger partial charge in [0.1, 0.15) is 0 Å². The van der Waals surface area contributed by atoms with Gasteiger partial charge in [-0.05, 0) is 12.5 Å². The van der Waals surface area contributed by atoms with E-state index in [1.54, 1.807) is 11.3 Å². The average Bonchev–Trinajstić information content (AvgIpc) is 2.82. The lowest BCUT2D eigenvalue weighted by Gasteiger charge is -2.30. The Morgan fingerprint density at radius 1 is 1.33 bits per heavy atom. The lowest BCUT2D eigenvalue weighted by Crippen LogP contribution is -2.41. The van der Waals surface area contributed by atoms with Crippen LogP contribution >= 0.6 is 11.3 Å². The standard InChI is InChI=1S/C14H18N2OS/c1-11-16-13(8-18-11)7-14(9-15,10-17)12-5-3-2-4-6-12/h2-6,8,17H,7,9-10,15H2,1H3. The molecular formula is C14H18N2OS. The van der Waals surface area contributed by atoms with Gasteiger partial charge in [0, 0.05) is 23.8 Å². The summed E-state index contributed by atoms with van der Waals surface area (Å²) in [5.74, 6) is 0. The summed E-state index contributed by atoms with van der Waals surface area (Å²) < 4.78 is 0. The Morgan fingerprint density at radius 3 is 2.56 bits per heavy atom. The number of thiazole rings is 1. The van der Waals surface area contributed by atoms with E-state index in [1.807, 2.05) is 42.6 Å². The summed E-state index contributed by atoms with van der Waals surface area (Å²) in [5.41, 5.74) is 7.56. The van der Waals surface area contributed by atoms with Crippen LogP contribution in [-0.2, 0) is 11.8 Å². The monoisotopic (exact) mass is 262 g/mol. The number of hydrogen-bond donors (Lipinski definition) is 2. The van der Waals surface area contributed by atoms with Gasteiger partial charge in [0.2, 0.25) is 0 Å². The first kappa shape index (κ1) is 13.2. The van der Waals surface area contributed by atoms with Crippen LogP contribution in [0.15, 0.2) is 35.7 Å². The zero-order valence-corrected chi connectivity index (χ0v) is 11.3. The third-order valence-corrected chi connectivity index (χ3v) is 4.09. The second-order valence-electron chi connectivity index (χ2n) is 4.54. The Balaban J connectivity index is 2.32. The molecule has 3 nitrogen and oxygen atoms in total. The molecule has 1 aromatic carbocycles. The summed E-state index contributed by atoms with van der Waals surface area (Å²) in [6.45, 7) is 2.42. The fraction of sp³-hybridized carbons (Fsp3) is 0.357. The van der Waals surface area contributed by atoms with Crippen LogP contribution in [0.2, 0.25) is 0 Å². The summed E-state index contributed by atoms with van der Waals surface area (Å²) in [6, 6.07) is 9.95. The first-order valence-corrected chi connectivity index (χ1v) is 6.85. The smallest absolute Gasteiger partial charge is 0.0897 e. The molecule has 2 aromatic rings. The molecule has 2 rings (SSSR count). The molecule has 18 heavy (non-hydrogen) atoms. The van der Waals surface area contributed by atoms with Crippen molar-refractivity contribution in [3.05, 3.63) is 52.0 Å². The van der Waals surface area contributed by atoms with Crippen molar-refractivity contribution in [3.63, 3.8) is 0 Å². The molecule has 0 bridgehead atoms. The van der Waals surface area contributed by atoms with E-state index >= 15 is 0 Å². The van der Waals surface area contributed by atoms with Crippen molar-refractivity contribution in [1.29, 1.82) is 0 Å². The number of nitrogens with two attached hydrogens (primary N) is 1. The van der Waals surface area contributed by atoms with E-state index < -0.39 is 5.41 Å². The van der Waals surface area contributed by atoms with Crippen LogP contribution in [0.4, 0.5) is 0 Å². The number of rotatable bonds is 5. The van der Waals surface area contributed by atoms with Gasteiger partial charge in [-0.25, -0.2) is 4.98 Å². The number of aliphatic hydroxyl groups excluding tert-OH is 1. The minimum Gasteiger partial charge on any atom is -0.395 e. The topological polar surface area (TPSA) is 59.1 Å². The van der Waals surface area contributed by atoms with Crippen LogP contribution in [0.1, 0.15) is 16.3 Å². The summed E-state index contributed by atoms with van der Waals surface area (Å²) >= 11 is 1.63. The van der Waals surface area contributed by atoms with E-state index in [4.69, 9.17) is 5.73 Å². The van der Waals surface area contributed by atoms with Crippen LogP contribution in [0, 0.1) is 6.92 Å². The molecular weight excluding hydrogens is 244 g/mol. The maximum Gasteiger partial charge on any atom is 0.0897 e. The van der Waals surface area contributed by atoms with E-state index in [9.17, 15) is 5.11 Å². The van der Waals surface area contributed by atoms with Crippen molar-refractivity contribution in [2.75, 3.05) is 13.2 Å². The molecule has 3 N–H and O–H groups in total. The van der Waals surface area contributed by atoms with Crippen molar-refractivity contribution in [1.82, 2.24) is 4.98 Å². The molecule has 0 fully saturated rings. The van der Waals surface area contributed by atoms with Gasteiger partial charge < -0.3 is 10.8 Å². The quantitative estimate of drug-likeness (QED) is 0.865. The predicted octanol–water partition coefficient (Wildman–Crippen LogP) is 1.88. The van der Waals surface area contributed by atoms with Crippen LogP contribution in [0.5, 0.6) is 0 Å². The molecule has 4 heteroatoms. The lowest BCUT2D eigenvalue weighted by molar-refractivity contribution is 0.195. The van der Waals surface area contributed by atoms with E-state index in [0.717, 1.165) is 16.3 Å². The highest BCUT2D eigenvalue weighted by molar-refractivity contribution is 7.09. The number of hydrogen-bond acceptors (Lipinski definition) is 4. The normalized spacial score (nSPS) is 14.4. The van der Waals surface area contributed by atoms with Gasteiger partial charge in [-0.15, -0.1) is 11.3 Å². The number of aliphatic hydroxyl groups is 1. The van der Waals surface area contributed by atoms with Crippen molar-refractivity contribution >= 4 is 11.3 Å². The Bertz CT molecular complexity index is 492. The van der Waals surface area contributed by atoms with Gasteiger partial charge in [0.05, 0.1) is 17.3 Å². The van der Waals surface area contributed by atoms with Crippen molar-refractivity contribution < 1.29 is 5.11 Å². The first-order valence-electron chi connectivity index (χ1n) is 5.98. The number of nitrogens with zero attached hydrogens (tertiary/aromatic N) is 1. The maximum absolute atomic E-state index is 9.79. The third-order valence-electron chi connectivity index (χ3n) is 3.27. The average molecular weight is 262 g/mol. The minimum absolute atomic E-state index is 0.0318. The number of benzene rings is 1. The van der Waals surface area contributed by atoms with E-state index in [2.05, 4.69) is 4.98 Å². The molecule has 0 saturated carbocycles. The van der Waals surface area contributed by atoms with Gasteiger partial charge in [-0.2, -0.15) is 0 Å². The van der Waals surface area contributed by atoms with E-state index in [0.29, 0.717) is 13.0 Å². The summed E-state index contributed by atoms with van der Waals surface area (Å²) in [6.07, 6.45) is 0.675. The molecule has 0 saturated heterocycles. The molecule has 0 aliphatic heterocycles. The van der Waals surface area contributed by atoms with Gasteiger partial charge in [-0.3, -0.25) is 0 Å². The largest absolute Gasteiger partial charge is 0.395 e. The molecule has 1 heterocycles. The lowest BCUT2D eigenvalue weighted by atomic mass is 9.77. The number of aryl methyl sites for hydroxylation is 1. The molecule has 0 spiro atoms.